The van der Waals surface area contributed by atoms with Gasteiger partial charge in [0.1, 0.15) is 0 Å². The molecule has 1 aliphatic carbocycles. The SMILES string of the molecule is COC(=O)[C@H]1C[C@@H](C2(C)OCCO2)C1(C)C. The predicted molar refractivity (Wildman–Crippen MR) is 57.7 cm³/mol. The third-order valence-corrected chi connectivity index (χ3v) is 4.25. The molecular formula is C12H20O4. The molecular weight excluding hydrogens is 208 g/mol. The molecule has 0 aromatic rings. The molecule has 2 rings (SSSR count). The molecule has 0 spiro atoms. The highest BCUT2D eigenvalue weighted by atomic mass is 16.7. The first-order valence-electron chi connectivity index (χ1n) is 5.77. The molecule has 16 heavy (non-hydrogen) atoms. The minimum atomic E-state index is -0.520. The zero-order valence-electron chi connectivity index (χ0n) is 10.4. The van der Waals surface area contributed by atoms with Gasteiger partial charge in [-0.15, -0.1) is 0 Å². The largest absolute Gasteiger partial charge is 0.469 e. The smallest absolute Gasteiger partial charge is 0.309 e. The number of carbonyl (C=O) groups is 1. The quantitative estimate of drug-likeness (QED) is 0.673. The van der Waals surface area contributed by atoms with Crippen LogP contribution in [-0.4, -0.2) is 32.1 Å². The highest BCUT2D eigenvalue weighted by Gasteiger charge is 2.61. The van der Waals surface area contributed by atoms with Gasteiger partial charge < -0.3 is 14.2 Å². The number of ether oxygens (including phenoxy) is 3. The summed E-state index contributed by atoms with van der Waals surface area (Å²) in [6.45, 7) is 7.43. The number of carbonyl (C=O) groups excluding carboxylic acids is 1. The lowest BCUT2D eigenvalue weighted by molar-refractivity contribution is -0.253. The normalized spacial score (nSPS) is 35.5. The van der Waals surface area contributed by atoms with Gasteiger partial charge in [-0.3, -0.25) is 4.79 Å². The summed E-state index contributed by atoms with van der Waals surface area (Å²) < 4.78 is 16.1. The molecule has 1 aliphatic heterocycles. The summed E-state index contributed by atoms with van der Waals surface area (Å²) in [6, 6.07) is 0. The van der Waals surface area contributed by atoms with Crippen molar-refractivity contribution in [2.24, 2.45) is 17.3 Å². The fourth-order valence-electron chi connectivity index (χ4n) is 3.09. The predicted octanol–water partition coefficient (Wildman–Crippen LogP) is 1.58. The van der Waals surface area contributed by atoms with Crippen LogP contribution < -0.4 is 0 Å². The number of hydrogen-bond donors (Lipinski definition) is 0. The molecule has 1 heterocycles. The highest BCUT2D eigenvalue weighted by molar-refractivity contribution is 5.74. The Hall–Kier alpha value is -0.610. The number of esters is 1. The Kier molecular flexibility index (Phi) is 2.75. The summed E-state index contributed by atoms with van der Waals surface area (Å²) in [7, 11) is 1.44. The third-order valence-electron chi connectivity index (χ3n) is 4.25. The number of rotatable bonds is 2. The van der Waals surface area contributed by atoms with Crippen molar-refractivity contribution in [3.05, 3.63) is 0 Å². The van der Waals surface area contributed by atoms with Crippen LogP contribution >= 0.6 is 0 Å². The summed E-state index contributed by atoms with van der Waals surface area (Å²) in [5, 5.41) is 0. The van der Waals surface area contributed by atoms with Crippen molar-refractivity contribution in [2.45, 2.75) is 33.0 Å². The van der Waals surface area contributed by atoms with E-state index in [1.165, 1.54) is 7.11 Å². The van der Waals surface area contributed by atoms with Gasteiger partial charge in [-0.1, -0.05) is 13.8 Å². The van der Waals surface area contributed by atoms with E-state index in [1.54, 1.807) is 0 Å². The third kappa shape index (κ3) is 1.55. The minimum Gasteiger partial charge on any atom is -0.469 e. The first-order valence-corrected chi connectivity index (χ1v) is 5.77. The minimum absolute atomic E-state index is 0.0351. The van der Waals surface area contributed by atoms with E-state index in [2.05, 4.69) is 13.8 Å². The zero-order chi connectivity index (χ0) is 12.0. The van der Waals surface area contributed by atoms with Gasteiger partial charge in [0.05, 0.1) is 26.2 Å². The second kappa shape index (κ2) is 3.70. The number of hydrogen-bond acceptors (Lipinski definition) is 4. The van der Waals surface area contributed by atoms with Gasteiger partial charge in [0.25, 0.3) is 0 Å². The molecule has 4 nitrogen and oxygen atoms in total. The van der Waals surface area contributed by atoms with Gasteiger partial charge in [-0.2, -0.15) is 0 Å². The van der Waals surface area contributed by atoms with Crippen molar-refractivity contribution in [3.63, 3.8) is 0 Å². The lowest BCUT2D eigenvalue weighted by Crippen LogP contribution is -2.58. The van der Waals surface area contributed by atoms with Gasteiger partial charge in [0, 0.05) is 5.92 Å². The maximum absolute atomic E-state index is 11.6. The average molecular weight is 228 g/mol. The van der Waals surface area contributed by atoms with E-state index in [0.29, 0.717) is 13.2 Å². The second-order valence-corrected chi connectivity index (χ2v) is 5.40. The van der Waals surface area contributed by atoms with Crippen LogP contribution in [0.4, 0.5) is 0 Å². The van der Waals surface area contributed by atoms with Crippen molar-refractivity contribution in [3.8, 4) is 0 Å². The molecule has 0 N–H and O–H groups in total. The Labute approximate surface area is 96.2 Å². The van der Waals surface area contributed by atoms with E-state index < -0.39 is 5.79 Å². The standard InChI is InChI=1S/C12H20O4/c1-11(2)8(10(13)14-4)7-9(11)12(3)15-5-6-16-12/h8-9H,5-7H2,1-4H3/t8-,9-/m1/s1. The summed E-state index contributed by atoms with van der Waals surface area (Å²) in [5.74, 6) is -0.421. The van der Waals surface area contributed by atoms with Crippen molar-refractivity contribution in [1.82, 2.24) is 0 Å². The molecule has 92 valence electrons. The van der Waals surface area contributed by atoms with E-state index in [1.807, 2.05) is 6.92 Å². The number of methoxy groups -OCH3 is 1. The van der Waals surface area contributed by atoms with Crippen molar-refractivity contribution in [1.29, 1.82) is 0 Å². The van der Waals surface area contributed by atoms with Crippen molar-refractivity contribution < 1.29 is 19.0 Å². The molecule has 0 aromatic carbocycles. The van der Waals surface area contributed by atoms with Crippen LogP contribution in [0.25, 0.3) is 0 Å². The maximum atomic E-state index is 11.6. The lowest BCUT2D eigenvalue weighted by atomic mass is 9.52. The summed E-state index contributed by atoms with van der Waals surface area (Å²) >= 11 is 0. The second-order valence-electron chi connectivity index (χ2n) is 5.40. The highest BCUT2D eigenvalue weighted by Crippen LogP contribution is 2.57. The van der Waals surface area contributed by atoms with Crippen LogP contribution in [0.15, 0.2) is 0 Å². The molecule has 4 heteroatoms. The molecule has 0 aromatic heterocycles. The van der Waals surface area contributed by atoms with Gasteiger partial charge in [0.15, 0.2) is 5.79 Å². The van der Waals surface area contributed by atoms with Crippen LogP contribution in [0.2, 0.25) is 0 Å². The van der Waals surface area contributed by atoms with Crippen LogP contribution in [0.5, 0.6) is 0 Å². The lowest BCUT2D eigenvalue weighted by Gasteiger charge is -2.55. The molecule has 2 aliphatic rings. The van der Waals surface area contributed by atoms with Gasteiger partial charge >= 0.3 is 5.97 Å². The van der Waals surface area contributed by atoms with Crippen molar-refractivity contribution >= 4 is 5.97 Å². The Balaban J connectivity index is 2.09. The molecule has 1 saturated heterocycles. The Morgan fingerprint density at radius 1 is 1.25 bits per heavy atom. The average Bonchev–Trinajstić information content (AvgIpc) is 2.63. The van der Waals surface area contributed by atoms with Crippen LogP contribution in [0.3, 0.4) is 0 Å². The summed E-state index contributed by atoms with van der Waals surface area (Å²) in [6.07, 6.45) is 0.788. The van der Waals surface area contributed by atoms with Gasteiger partial charge in [-0.25, -0.2) is 0 Å². The zero-order valence-corrected chi connectivity index (χ0v) is 10.4. The topological polar surface area (TPSA) is 44.8 Å². The summed E-state index contributed by atoms with van der Waals surface area (Å²) in [4.78, 5) is 11.6. The van der Waals surface area contributed by atoms with Crippen LogP contribution in [0.1, 0.15) is 27.2 Å². The van der Waals surface area contributed by atoms with E-state index in [9.17, 15) is 4.79 Å². The molecule has 2 fully saturated rings. The molecule has 0 unspecified atom stereocenters. The van der Waals surface area contributed by atoms with E-state index in [-0.39, 0.29) is 23.2 Å². The van der Waals surface area contributed by atoms with Gasteiger partial charge in [0.2, 0.25) is 0 Å². The Morgan fingerprint density at radius 2 is 1.81 bits per heavy atom. The van der Waals surface area contributed by atoms with Crippen LogP contribution in [-0.2, 0) is 19.0 Å². The molecule has 1 saturated carbocycles. The van der Waals surface area contributed by atoms with Crippen LogP contribution in [0, 0.1) is 17.3 Å². The van der Waals surface area contributed by atoms with E-state index >= 15 is 0 Å². The monoisotopic (exact) mass is 228 g/mol. The first-order chi connectivity index (χ1) is 7.42. The fraction of sp³-hybridized carbons (Fsp3) is 0.917. The first kappa shape index (κ1) is 11.9. The summed E-state index contributed by atoms with van der Waals surface area (Å²) in [5.41, 5.74) is -0.119. The molecule has 0 amide bonds. The Morgan fingerprint density at radius 3 is 2.25 bits per heavy atom. The van der Waals surface area contributed by atoms with E-state index in [4.69, 9.17) is 14.2 Å². The van der Waals surface area contributed by atoms with E-state index in [0.717, 1.165) is 6.42 Å². The van der Waals surface area contributed by atoms with Gasteiger partial charge in [-0.05, 0) is 18.8 Å². The molecule has 0 radical (unpaired) electrons. The van der Waals surface area contributed by atoms with Crippen molar-refractivity contribution in [2.75, 3.05) is 20.3 Å². The molecule has 0 bridgehead atoms. The molecule has 2 atom stereocenters. The fourth-order valence-corrected chi connectivity index (χ4v) is 3.09. The maximum Gasteiger partial charge on any atom is 0.309 e. The Bertz CT molecular complexity index is 291.